The number of pyridine rings is 1. The summed E-state index contributed by atoms with van der Waals surface area (Å²) in [5.74, 6) is 1.84. The van der Waals surface area contributed by atoms with Gasteiger partial charge in [0.15, 0.2) is 0 Å². The van der Waals surface area contributed by atoms with E-state index in [0.29, 0.717) is 24.9 Å². The molecule has 55 heavy (non-hydrogen) atoms. The number of amides is 3. The second-order valence-electron chi connectivity index (χ2n) is 15.8. The van der Waals surface area contributed by atoms with Crippen molar-refractivity contribution in [1.29, 1.82) is 0 Å². The molecule has 1 saturated heterocycles. The van der Waals surface area contributed by atoms with Crippen molar-refractivity contribution < 1.29 is 19.1 Å². The predicted octanol–water partition coefficient (Wildman–Crippen LogP) is 7.35. The number of allylic oxidation sites excluding steroid dienone is 1. The van der Waals surface area contributed by atoms with Crippen LogP contribution in [0, 0.1) is 29.6 Å². The van der Waals surface area contributed by atoms with E-state index in [2.05, 4.69) is 69.1 Å². The molecular weight excluding hydrogens is 691 g/mol. The monoisotopic (exact) mass is 739 g/mol. The molecule has 6 atom stereocenters. The number of nitrogens with zero attached hydrogens (tertiary/aromatic N) is 4. The first-order chi connectivity index (χ1) is 26.8. The lowest BCUT2D eigenvalue weighted by Gasteiger charge is -2.30. The molecule has 4 heterocycles. The minimum absolute atomic E-state index is 0.0125. The van der Waals surface area contributed by atoms with E-state index in [4.69, 9.17) is 14.7 Å². The molecule has 0 radical (unpaired) electrons. The van der Waals surface area contributed by atoms with Gasteiger partial charge in [-0.2, -0.15) is 0 Å². The summed E-state index contributed by atoms with van der Waals surface area (Å²) in [6.45, 7) is 4.94. The van der Waals surface area contributed by atoms with E-state index in [1.54, 1.807) is 6.20 Å². The number of carbonyl (C=O) groups excluding carboxylic acids is 3. The Kier molecular flexibility index (Phi) is 10.4. The van der Waals surface area contributed by atoms with Crippen LogP contribution in [0.1, 0.15) is 75.4 Å². The predicted molar refractivity (Wildman–Crippen MR) is 211 cm³/mol. The second kappa shape index (κ2) is 15.6. The third-order valence-corrected chi connectivity index (χ3v) is 12.2. The van der Waals surface area contributed by atoms with Gasteiger partial charge in [-0.25, -0.2) is 9.78 Å². The molecule has 2 aromatic carbocycles. The highest BCUT2D eigenvalue weighted by atomic mass is 16.5. The lowest BCUT2D eigenvalue weighted by atomic mass is 9.75. The molecular formula is C44H49N7O4. The molecule has 0 unspecified atom stereocenters. The zero-order chi connectivity index (χ0) is 38.1. The highest BCUT2D eigenvalue weighted by molar-refractivity contribution is 6.02. The van der Waals surface area contributed by atoms with Gasteiger partial charge in [-0.3, -0.25) is 19.6 Å². The molecule has 11 heteroatoms. The summed E-state index contributed by atoms with van der Waals surface area (Å²) in [6, 6.07) is 20.1. The number of hydrogen-bond acceptors (Lipinski definition) is 7. The molecule has 4 aliphatic rings. The largest absolute Gasteiger partial charge is 0.453 e. The van der Waals surface area contributed by atoms with Crippen molar-refractivity contribution in [1.82, 2.24) is 30.5 Å². The summed E-state index contributed by atoms with van der Waals surface area (Å²) >= 11 is 0. The number of hydrogen-bond donors (Lipinski definition) is 3. The Morgan fingerprint density at radius 1 is 0.927 bits per heavy atom. The number of rotatable bonds is 11. The highest BCUT2D eigenvalue weighted by Gasteiger charge is 2.52. The normalized spacial score (nSPS) is 23.4. The number of ether oxygens (including phenoxy) is 1. The maximum atomic E-state index is 13.5. The van der Waals surface area contributed by atoms with Crippen LogP contribution in [0.25, 0.3) is 28.0 Å². The molecule has 3 N–H and O–H groups in total. The number of aliphatic imine (C=N–C) groups is 1. The van der Waals surface area contributed by atoms with Crippen LogP contribution < -0.4 is 10.6 Å². The van der Waals surface area contributed by atoms with Crippen molar-refractivity contribution in [2.75, 3.05) is 13.7 Å². The fourth-order valence-corrected chi connectivity index (χ4v) is 9.35. The lowest BCUT2D eigenvalue weighted by molar-refractivity contribution is -0.135. The third kappa shape index (κ3) is 7.44. The Morgan fingerprint density at radius 2 is 1.65 bits per heavy atom. The number of methoxy groups -OCH3 is 1. The van der Waals surface area contributed by atoms with Crippen LogP contribution in [0.4, 0.5) is 4.79 Å². The molecule has 2 saturated carbocycles. The van der Waals surface area contributed by atoms with Crippen molar-refractivity contribution in [2.45, 2.75) is 71.0 Å². The summed E-state index contributed by atoms with van der Waals surface area (Å²) in [7, 11) is 1.30. The van der Waals surface area contributed by atoms with Gasteiger partial charge in [0.05, 0.1) is 25.0 Å². The molecule has 11 nitrogen and oxygen atoms in total. The van der Waals surface area contributed by atoms with Gasteiger partial charge in [-0.05, 0) is 89.3 Å². The van der Waals surface area contributed by atoms with E-state index in [1.165, 1.54) is 19.1 Å². The maximum absolute atomic E-state index is 13.5. The molecule has 8 rings (SSSR count). The number of aromatic nitrogens is 3. The van der Waals surface area contributed by atoms with Gasteiger partial charge in [0.2, 0.25) is 11.8 Å². The van der Waals surface area contributed by atoms with Gasteiger partial charge in [0.1, 0.15) is 11.9 Å². The smallest absolute Gasteiger partial charge is 0.407 e. The summed E-state index contributed by atoms with van der Waals surface area (Å²) < 4.78 is 4.76. The zero-order valence-electron chi connectivity index (χ0n) is 31.7. The van der Waals surface area contributed by atoms with E-state index >= 15 is 0 Å². The van der Waals surface area contributed by atoms with Gasteiger partial charge in [0, 0.05) is 55.7 Å². The molecule has 2 aliphatic heterocycles. The number of aromatic amines is 1. The third-order valence-electron chi connectivity index (χ3n) is 12.2. The number of likely N-dealkylation sites (tertiary alicyclic amines) is 1. The van der Waals surface area contributed by atoms with Crippen molar-refractivity contribution in [3.8, 4) is 22.4 Å². The van der Waals surface area contributed by atoms with Crippen LogP contribution in [-0.2, 0) is 20.9 Å². The van der Waals surface area contributed by atoms with E-state index in [1.807, 2.05) is 49.5 Å². The fraction of sp³-hybridized carbons (Fsp3) is 0.409. The van der Waals surface area contributed by atoms with Crippen LogP contribution in [0.2, 0.25) is 0 Å². The van der Waals surface area contributed by atoms with Gasteiger partial charge in [0.25, 0.3) is 0 Å². The van der Waals surface area contributed by atoms with Gasteiger partial charge in [-0.15, -0.1) is 0 Å². The molecule has 3 fully saturated rings. The first-order valence-corrected chi connectivity index (χ1v) is 19.6. The SMILES string of the molecule is COC(=O)N[C@H](C(=O)N1CCC[C@H]1c1ncc(-c2ccc(-c3ccc(C4=CN=C([C@@H]5[C@H]6CC[C@H](C6)[C@H]5C(=O)NCc5cccnc5)C4)cc3)cc2)[nH]1)C(C)C. The number of imidazole rings is 1. The lowest BCUT2D eigenvalue weighted by Crippen LogP contribution is -2.51. The van der Waals surface area contributed by atoms with E-state index in [0.717, 1.165) is 77.2 Å². The van der Waals surface area contributed by atoms with Crippen molar-refractivity contribution >= 4 is 29.2 Å². The first kappa shape index (κ1) is 36.4. The van der Waals surface area contributed by atoms with Crippen LogP contribution >= 0.6 is 0 Å². The number of benzene rings is 2. The summed E-state index contributed by atoms with van der Waals surface area (Å²) in [5, 5.41) is 5.91. The zero-order valence-corrected chi connectivity index (χ0v) is 31.7. The molecule has 4 aromatic rings. The number of fused-ring (bicyclic) bond motifs is 2. The Morgan fingerprint density at radius 3 is 2.36 bits per heavy atom. The molecule has 0 spiro atoms. The molecule has 2 aromatic heterocycles. The Hall–Kier alpha value is -5.58. The van der Waals surface area contributed by atoms with Gasteiger partial charge in [-0.1, -0.05) is 68.4 Å². The van der Waals surface area contributed by atoms with Gasteiger partial charge >= 0.3 is 6.09 Å². The Balaban J connectivity index is 0.889. The maximum Gasteiger partial charge on any atom is 0.407 e. The number of carbonyl (C=O) groups is 3. The minimum atomic E-state index is -0.673. The Bertz CT molecular complexity index is 2090. The van der Waals surface area contributed by atoms with E-state index < -0.39 is 12.1 Å². The van der Waals surface area contributed by atoms with E-state index in [-0.39, 0.29) is 35.6 Å². The second-order valence-corrected chi connectivity index (χ2v) is 15.8. The van der Waals surface area contributed by atoms with E-state index in [9.17, 15) is 14.4 Å². The van der Waals surface area contributed by atoms with Crippen molar-refractivity contribution in [2.24, 2.45) is 34.6 Å². The van der Waals surface area contributed by atoms with Crippen LogP contribution in [0.5, 0.6) is 0 Å². The molecule has 3 amide bonds. The fourth-order valence-electron chi connectivity index (χ4n) is 9.35. The topological polar surface area (TPSA) is 142 Å². The average Bonchev–Trinajstić information content (AvgIpc) is 4.07. The Labute approximate surface area is 322 Å². The minimum Gasteiger partial charge on any atom is -0.453 e. The van der Waals surface area contributed by atoms with Crippen molar-refractivity contribution in [3.63, 3.8) is 0 Å². The first-order valence-electron chi connectivity index (χ1n) is 19.6. The number of H-pyrrole nitrogens is 1. The quantitative estimate of drug-likeness (QED) is 0.147. The van der Waals surface area contributed by atoms with Crippen molar-refractivity contribution in [3.05, 3.63) is 102 Å². The van der Waals surface area contributed by atoms with Gasteiger partial charge < -0.3 is 25.3 Å². The molecule has 2 aliphatic carbocycles. The molecule has 284 valence electrons. The number of nitrogens with one attached hydrogen (secondary N) is 3. The number of alkyl carbamates (subject to hydrolysis) is 1. The standard InChI is InChI=1S/C44H49N7O4/c1-26(2)40(50-44(54)55-3)43(53)51-19-5-7-37(51)41-47-25-36(49-41)31-14-12-29(13-15-31)28-8-10-30(11-9-28)34-21-35(46-24-34)38-32-16-17-33(20-32)39(38)42(52)48-23-27-6-4-18-45-22-27/h4,6,8-15,18,22,24-26,32-33,37-40H,5,7,16-17,19-21,23H2,1-3H3,(H,47,49)(H,48,52)(H,50,54)/t32-,33+,37-,38-,39+,40-/m0/s1. The summed E-state index contributed by atoms with van der Waals surface area (Å²) in [5.41, 5.74) is 8.66. The highest BCUT2D eigenvalue weighted by Crippen LogP contribution is 2.54. The average molecular weight is 740 g/mol. The van der Waals surface area contributed by atoms with Crippen LogP contribution in [0.3, 0.4) is 0 Å². The molecule has 2 bridgehead atoms. The summed E-state index contributed by atoms with van der Waals surface area (Å²) in [6.07, 6.45) is 12.7. The van der Waals surface area contributed by atoms with Crippen LogP contribution in [-0.4, -0.2) is 63.2 Å². The summed E-state index contributed by atoms with van der Waals surface area (Å²) in [4.78, 5) is 58.1. The van der Waals surface area contributed by atoms with Crippen LogP contribution in [0.15, 0.2) is 90.4 Å².